The third kappa shape index (κ3) is 1.44. The first-order chi connectivity index (χ1) is 7.27. The van der Waals surface area contributed by atoms with Gasteiger partial charge in [-0.1, -0.05) is 25.1 Å². The molecule has 3 rings (SSSR count). The van der Waals surface area contributed by atoms with Crippen molar-refractivity contribution < 1.29 is 4.74 Å². The quantitative estimate of drug-likeness (QED) is 0.800. The molecule has 2 N–H and O–H groups in total. The highest BCUT2D eigenvalue weighted by Gasteiger charge is 2.39. The van der Waals surface area contributed by atoms with Crippen LogP contribution in [0.25, 0.3) is 0 Å². The van der Waals surface area contributed by atoms with Crippen LogP contribution in [0.1, 0.15) is 30.5 Å². The first-order valence-corrected chi connectivity index (χ1v) is 5.77. The Morgan fingerprint density at radius 3 is 3.00 bits per heavy atom. The fourth-order valence-electron chi connectivity index (χ4n) is 2.59. The lowest BCUT2D eigenvalue weighted by molar-refractivity contribution is 0.349. The van der Waals surface area contributed by atoms with Crippen LogP contribution in [-0.2, 0) is 6.42 Å². The van der Waals surface area contributed by atoms with E-state index in [1.807, 2.05) is 0 Å². The monoisotopic (exact) mass is 203 g/mol. The molecule has 1 heterocycles. The molecule has 1 fully saturated rings. The van der Waals surface area contributed by atoms with E-state index in [0.717, 1.165) is 24.7 Å². The molecule has 3 atom stereocenters. The molecule has 2 heteroatoms. The summed E-state index contributed by atoms with van der Waals surface area (Å²) in [4.78, 5) is 0. The van der Waals surface area contributed by atoms with Crippen LogP contribution in [0.4, 0.5) is 0 Å². The van der Waals surface area contributed by atoms with Crippen molar-refractivity contribution in [2.24, 2.45) is 17.6 Å². The summed E-state index contributed by atoms with van der Waals surface area (Å²) in [7, 11) is 0. The lowest BCUT2D eigenvalue weighted by Gasteiger charge is -2.15. The highest BCUT2D eigenvalue weighted by atomic mass is 16.5. The first kappa shape index (κ1) is 9.22. The van der Waals surface area contributed by atoms with Crippen LogP contribution >= 0.6 is 0 Å². The van der Waals surface area contributed by atoms with E-state index in [1.54, 1.807) is 0 Å². The summed E-state index contributed by atoms with van der Waals surface area (Å²) in [5.74, 6) is 2.53. The Morgan fingerprint density at radius 1 is 1.47 bits per heavy atom. The molecule has 0 bridgehead atoms. The predicted octanol–water partition coefficient (Wildman–Crippen LogP) is 2.28. The number of benzene rings is 1. The van der Waals surface area contributed by atoms with Crippen LogP contribution in [0, 0.1) is 11.8 Å². The minimum atomic E-state index is 0.174. The zero-order valence-corrected chi connectivity index (χ0v) is 9.07. The summed E-state index contributed by atoms with van der Waals surface area (Å²) in [6, 6.07) is 6.55. The summed E-state index contributed by atoms with van der Waals surface area (Å²) in [5, 5.41) is 0. The lowest BCUT2D eigenvalue weighted by Crippen LogP contribution is -2.14. The summed E-state index contributed by atoms with van der Waals surface area (Å²) >= 11 is 0. The number of fused-ring (bicyclic) bond motifs is 1. The molecule has 1 aromatic rings. The molecule has 0 saturated heterocycles. The number of para-hydroxylation sites is 1. The van der Waals surface area contributed by atoms with E-state index in [4.69, 9.17) is 10.5 Å². The average Bonchev–Trinajstić information content (AvgIpc) is 2.80. The maximum atomic E-state index is 6.28. The molecular formula is C13H17NO. The Morgan fingerprint density at radius 2 is 2.27 bits per heavy atom. The number of hydrogen-bond acceptors (Lipinski definition) is 2. The molecule has 0 aromatic heterocycles. The Labute approximate surface area is 90.4 Å². The number of hydrogen-bond donors (Lipinski definition) is 1. The van der Waals surface area contributed by atoms with E-state index >= 15 is 0 Å². The fourth-order valence-corrected chi connectivity index (χ4v) is 2.59. The van der Waals surface area contributed by atoms with Gasteiger partial charge in [-0.15, -0.1) is 0 Å². The van der Waals surface area contributed by atoms with Gasteiger partial charge in [0.15, 0.2) is 0 Å². The first-order valence-electron chi connectivity index (χ1n) is 5.77. The largest absolute Gasteiger partial charge is 0.493 e. The maximum Gasteiger partial charge on any atom is 0.127 e. The van der Waals surface area contributed by atoms with E-state index in [2.05, 4.69) is 25.1 Å². The summed E-state index contributed by atoms with van der Waals surface area (Å²) in [6.07, 6.45) is 2.31. The molecule has 0 spiro atoms. The van der Waals surface area contributed by atoms with Crippen LogP contribution < -0.4 is 10.5 Å². The van der Waals surface area contributed by atoms with Crippen molar-refractivity contribution in [3.8, 4) is 5.75 Å². The third-order valence-corrected chi connectivity index (χ3v) is 3.74. The molecule has 2 nitrogen and oxygen atoms in total. The average molecular weight is 203 g/mol. The van der Waals surface area contributed by atoms with Gasteiger partial charge in [0, 0.05) is 18.0 Å². The molecule has 0 radical (unpaired) electrons. The van der Waals surface area contributed by atoms with Crippen LogP contribution in [0.5, 0.6) is 5.75 Å². The van der Waals surface area contributed by atoms with Gasteiger partial charge in [-0.2, -0.15) is 0 Å². The smallest absolute Gasteiger partial charge is 0.127 e. The number of ether oxygens (including phenoxy) is 1. The van der Waals surface area contributed by atoms with Gasteiger partial charge in [-0.05, 0) is 23.8 Å². The Bertz CT molecular complexity index is 388. The predicted molar refractivity (Wildman–Crippen MR) is 59.8 cm³/mol. The minimum absolute atomic E-state index is 0.174. The minimum Gasteiger partial charge on any atom is -0.493 e. The maximum absolute atomic E-state index is 6.28. The van der Waals surface area contributed by atoms with E-state index in [1.165, 1.54) is 17.5 Å². The second-order valence-electron chi connectivity index (χ2n) is 4.84. The standard InChI is InChI=1S/C13H17NO/c1-8-7-11(8)12(14)10-4-2-3-9-5-6-15-13(9)10/h2-4,8,11-12H,5-7,14H2,1H3. The fraction of sp³-hybridized carbons (Fsp3) is 0.538. The molecule has 80 valence electrons. The van der Waals surface area contributed by atoms with Crippen LogP contribution in [-0.4, -0.2) is 6.61 Å². The summed E-state index contributed by atoms with van der Waals surface area (Å²) in [5.41, 5.74) is 8.84. The molecule has 2 aliphatic rings. The molecule has 0 amide bonds. The summed E-state index contributed by atoms with van der Waals surface area (Å²) in [6.45, 7) is 3.09. The van der Waals surface area contributed by atoms with Crippen molar-refractivity contribution in [2.75, 3.05) is 6.61 Å². The molecule has 1 aliphatic heterocycles. The second-order valence-corrected chi connectivity index (χ2v) is 4.84. The number of nitrogens with two attached hydrogens (primary N) is 1. The van der Waals surface area contributed by atoms with Crippen molar-refractivity contribution in [3.05, 3.63) is 29.3 Å². The van der Waals surface area contributed by atoms with Gasteiger partial charge >= 0.3 is 0 Å². The van der Waals surface area contributed by atoms with Crippen molar-refractivity contribution in [3.63, 3.8) is 0 Å². The molecule has 1 saturated carbocycles. The van der Waals surface area contributed by atoms with Crippen molar-refractivity contribution in [1.29, 1.82) is 0 Å². The van der Waals surface area contributed by atoms with Gasteiger partial charge in [-0.3, -0.25) is 0 Å². The Hall–Kier alpha value is -1.02. The van der Waals surface area contributed by atoms with Crippen molar-refractivity contribution >= 4 is 0 Å². The van der Waals surface area contributed by atoms with E-state index in [0.29, 0.717) is 5.92 Å². The van der Waals surface area contributed by atoms with E-state index in [9.17, 15) is 0 Å². The van der Waals surface area contributed by atoms with Crippen LogP contribution in [0.3, 0.4) is 0 Å². The van der Waals surface area contributed by atoms with Crippen LogP contribution in [0.15, 0.2) is 18.2 Å². The normalized spacial score (nSPS) is 29.5. The zero-order chi connectivity index (χ0) is 10.4. The van der Waals surface area contributed by atoms with Crippen LogP contribution in [0.2, 0.25) is 0 Å². The SMILES string of the molecule is CC1CC1C(N)c1cccc2c1OCC2. The lowest BCUT2D eigenvalue weighted by atomic mass is 9.98. The van der Waals surface area contributed by atoms with E-state index in [-0.39, 0.29) is 6.04 Å². The van der Waals surface area contributed by atoms with Gasteiger partial charge in [0.25, 0.3) is 0 Å². The number of rotatable bonds is 2. The highest BCUT2D eigenvalue weighted by Crippen LogP contribution is 2.48. The van der Waals surface area contributed by atoms with E-state index < -0.39 is 0 Å². The van der Waals surface area contributed by atoms with Gasteiger partial charge in [0.05, 0.1) is 6.61 Å². The van der Waals surface area contributed by atoms with Crippen molar-refractivity contribution in [1.82, 2.24) is 0 Å². The molecular weight excluding hydrogens is 186 g/mol. The zero-order valence-electron chi connectivity index (χ0n) is 9.07. The van der Waals surface area contributed by atoms with Gasteiger partial charge in [0.1, 0.15) is 5.75 Å². The molecule has 1 aliphatic carbocycles. The van der Waals surface area contributed by atoms with Gasteiger partial charge in [-0.25, -0.2) is 0 Å². The Kier molecular flexibility index (Phi) is 1.99. The molecule has 15 heavy (non-hydrogen) atoms. The topological polar surface area (TPSA) is 35.2 Å². The van der Waals surface area contributed by atoms with Gasteiger partial charge < -0.3 is 10.5 Å². The Balaban J connectivity index is 1.94. The second kappa shape index (κ2) is 3.24. The highest BCUT2D eigenvalue weighted by molar-refractivity contribution is 5.46. The molecule has 1 aromatic carbocycles. The summed E-state index contributed by atoms with van der Waals surface area (Å²) < 4.78 is 5.68. The molecule has 3 unspecified atom stereocenters. The third-order valence-electron chi connectivity index (χ3n) is 3.74. The van der Waals surface area contributed by atoms with Gasteiger partial charge in [0.2, 0.25) is 0 Å². The van der Waals surface area contributed by atoms with Crippen molar-refractivity contribution in [2.45, 2.75) is 25.8 Å².